The lowest BCUT2D eigenvalue weighted by Gasteiger charge is -2.37. The summed E-state index contributed by atoms with van der Waals surface area (Å²) in [5.74, 6) is 0.522. The van der Waals surface area contributed by atoms with Crippen molar-refractivity contribution in [2.24, 2.45) is 11.8 Å². The van der Waals surface area contributed by atoms with Crippen LogP contribution in [0.5, 0.6) is 0 Å². The molecule has 0 radical (unpaired) electrons. The SMILES string of the molecule is CC1CCN(C(=O)N2C(C(=O)O)CSC2C(C)C)CC1. The zero-order valence-electron chi connectivity index (χ0n) is 12.4. The van der Waals surface area contributed by atoms with Gasteiger partial charge in [-0.15, -0.1) is 11.8 Å². The molecule has 0 saturated carbocycles. The van der Waals surface area contributed by atoms with Gasteiger partial charge in [-0.05, 0) is 24.7 Å². The molecule has 2 amide bonds. The Morgan fingerprint density at radius 1 is 1.25 bits per heavy atom. The quantitative estimate of drug-likeness (QED) is 0.850. The van der Waals surface area contributed by atoms with Gasteiger partial charge in [0.05, 0.1) is 5.37 Å². The molecule has 6 heteroatoms. The van der Waals surface area contributed by atoms with E-state index in [1.54, 1.807) is 16.7 Å². The molecule has 2 rings (SSSR count). The first-order valence-electron chi connectivity index (χ1n) is 7.33. The Hall–Kier alpha value is -0.910. The second kappa shape index (κ2) is 6.24. The minimum Gasteiger partial charge on any atom is -0.480 e. The smallest absolute Gasteiger partial charge is 0.327 e. The van der Waals surface area contributed by atoms with Crippen LogP contribution in [0, 0.1) is 11.8 Å². The number of aliphatic carboxylic acids is 1. The summed E-state index contributed by atoms with van der Waals surface area (Å²) < 4.78 is 0. The Morgan fingerprint density at radius 2 is 1.85 bits per heavy atom. The highest BCUT2D eigenvalue weighted by atomic mass is 32.2. The molecular weight excluding hydrogens is 276 g/mol. The molecule has 5 nitrogen and oxygen atoms in total. The fourth-order valence-corrected chi connectivity index (χ4v) is 4.30. The van der Waals surface area contributed by atoms with Gasteiger partial charge in [0, 0.05) is 18.8 Å². The number of carboxylic acids is 1. The fraction of sp³-hybridized carbons (Fsp3) is 0.857. The predicted molar refractivity (Wildman–Crippen MR) is 79.7 cm³/mol. The summed E-state index contributed by atoms with van der Waals surface area (Å²) in [4.78, 5) is 27.5. The van der Waals surface area contributed by atoms with Crippen LogP contribution in [0.4, 0.5) is 4.79 Å². The van der Waals surface area contributed by atoms with Gasteiger partial charge < -0.3 is 10.0 Å². The molecule has 2 unspecified atom stereocenters. The van der Waals surface area contributed by atoms with Crippen LogP contribution < -0.4 is 0 Å². The number of hydrogen-bond acceptors (Lipinski definition) is 3. The topological polar surface area (TPSA) is 60.9 Å². The molecule has 2 fully saturated rings. The number of carbonyl (C=O) groups is 2. The summed E-state index contributed by atoms with van der Waals surface area (Å²) in [6.45, 7) is 7.78. The number of carboxylic acid groups (broad SMARTS) is 1. The van der Waals surface area contributed by atoms with E-state index in [9.17, 15) is 14.7 Å². The third-order valence-electron chi connectivity index (χ3n) is 4.17. The van der Waals surface area contributed by atoms with Gasteiger partial charge in [0.25, 0.3) is 0 Å². The monoisotopic (exact) mass is 300 g/mol. The summed E-state index contributed by atoms with van der Waals surface area (Å²) in [5, 5.41) is 9.32. The van der Waals surface area contributed by atoms with E-state index < -0.39 is 12.0 Å². The maximum atomic E-state index is 12.7. The molecule has 2 saturated heterocycles. The highest BCUT2D eigenvalue weighted by molar-refractivity contribution is 8.00. The first-order chi connectivity index (χ1) is 9.41. The average Bonchev–Trinajstić information content (AvgIpc) is 2.83. The van der Waals surface area contributed by atoms with Crippen molar-refractivity contribution >= 4 is 23.8 Å². The van der Waals surface area contributed by atoms with Crippen molar-refractivity contribution in [2.75, 3.05) is 18.8 Å². The Kier molecular flexibility index (Phi) is 4.83. The standard InChI is InChI=1S/C14H24N2O3S/c1-9(2)12-16(11(8-20-12)13(17)18)14(19)15-6-4-10(3)5-7-15/h9-12H,4-8H2,1-3H3,(H,17,18). The zero-order valence-corrected chi connectivity index (χ0v) is 13.2. The summed E-state index contributed by atoms with van der Waals surface area (Å²) in [5.41, 5.74) is 0. The Labute approximate surface area is 124 Å². The van der Waals surface area contributed by atoms with Gasteiger partial charge in [0.1, 0.15) is 6.04 Å². The first kappa shape index (κ1) is 15.5. The number of hydrogen-bond donors (Lipinski definition) is 1. The molecule has 0 aliphatic carbocycles. The van der Waals surface area contributed by atoms with Crippen LogP contribution in [0.3, 0.4) is 0 Å². The van der Waals surface area contributed by atoms with Gasteiger partial charge in [-0.2, -0.15) is 0 Å². The van der Waals surface area contributed by atoms with Crippen molar-refractivity contribution < 1.29 is 14.7 Å². The maximum Gasteiger partial charge on any atom is 0.327 e. The lowest BCUT2D eigenvalue weighted by molar-refractivity contribution is -0.141. The molecule has 0 aromatic rings. The van der Waals surface area contributed by atoms with Crippen LogP contribution in [0.15, 0.2) is 0 Å². The minimum atomic E-state index is -0.889. The number of urea groups is 1. The van der Waals surface area contributed by atoms with E-state index in [-0.39, 0.29) is 17.3 Å². The summed E-state index contributed by atoms with van der Waals surface area (Å²) in [6, 6.07) is -0.771. The van der Waals surface area contributed by atoms with Crippen molar-refractivity contribution in [1.82, 2.24) is 9.80 Å². The van der Waals surface area contributed by atoms with E-state index in [0.717, 1.165) is 25.9 Å². The van der Waals surface area contributed by atoms with Crippen LogP contribution in [-0.4, -0.2) is 57.2 Å². The first-order valence-corrected chi connectivity index (χ1v) is 8.38. The molecule has 0 aromatic heterocycles. The third kappa shape index (κ3) is 3.05. The van der Waals surface area contributed by atoms with E-state index in [2.05, 4.69) is 6.92 Å². The van der Waals surface area contributed by atoms with E-state index in [1.807, 2.05) is 18.7 Å². The molecule has 0 aromatic carbocycles. The van der Waals surface area contributed by atoms with Crippen molar-refractivity contribution in [3.05, 3.63) is 0 Å². The normalized spacial score (nSPS) is 28.2. The van der Waals surface area contributed by atoms with Gasteiger partial charge in [-0.3, -0.25) is 4.90 Å². The number of amides is 2. The Balaban J connectivity index is 2.12. The van der Waals surface area contributed by atoms with Crippen molar-refractivity contribution in [2.45, 2.75) is 45.0 Å². The molecule has 2 atom stereocenters. The summed E-state index contributed by atoms with van der Waals surface area (Å²) in [6.07, 6.45) is 2.02. The van der Waals surface area contributed by atoms with Crippen LogP contribution in [-0.2, 0) is 4.79 Å². The molecule has 20 heavy (non-hydrogen) atoms. The van der Waals surface area contributed by atoms with Gasteiger partial charge in [0.2, 0.25) is 0 Å². The maximum absolute atomic E-state index is 12.7. The summed E-state index contributed by atoms with van der Waals surface area (Å²) >= 11 is 1.59. The largest absolute Gasteiger partial charge is 0.480 e. The fourth-order valence-electron chi connectivity index (χ4n) is 2.84. The third-order valence-corrected chi connectivity index (χ3v) is 5.79. The predicted octanol–water partition coefficient (Wildman–Crippen LogP) is 2.32. The van der Waals surface area contributed by atoms with E-state index in [4.69, 9.17) is 0 Å². The second-order valence-corrected chi connectivity index (χ2v) is 7.33. The summed E-state index contributed by atoms with van der Waals surface area (Å²) in [7, 11) is 0. The van der Waals surface area contributed by atoms with Crippen LogP contribution in [0.25, 0.3) is 0 Å². The van der Waals surface area contributed by atoms with Crippen molar-refractivity contribution in [1.29, 1.82) is 0 Å². The van der Waals surface area contributed by atoms with Gasteiger partial charge in [-0.1, -0.05) is 20.8 Å². The molecular formula is C14H24N2O3S. The highest BCUT2D eigenvalue weighted by Crippen LogP contribution is 2.35. The Bertz CT molecular complexity index is 381. The Morgan fingerprint density at radius 3 is 2.35 bits per heavy atom. The number of carbonyl (C=O) groups excluding carboxylic acids is 1. The number of rotatable bonds is 2. The minimum absolute atomic E-state index is 0.0250. The number of thioether (sulfide) groups is 1. The average molecular weight is 300 g/mol. The molecule has 2 heterocycles. The molecule has 0 spiro atoms. The molecule has 2 aliphatic heterocycles. The van der Waals surface area contributed by atoms with E-state index in [0.29, 0.717) is 11.7 Å². The second-order valence-electron chi connectivity index (χ2n) is 6.18. The van der Waals surface area contributed by atoms with Gasteiger partial charge in [-0.25, -0.2) is 9.59 Å². The van der Waals surface area contributed by atoms with Crippen molar-refractivity contribution in [3.8, 4) is 0 Å². The zero-order chi connectivity index (χ0) is 14.9. The molecule has 2 aliphatic rings. The van der Waals surface area contributed by atoms with Crippen LogP contribution in [0.1, 0.15) is 33.6 Å². The van der Waals surface area contributed by atoms with Crippen LogP contribution >= 0.6 is 11.8 Å². The van der Waals surface area contributed by atoms with E-state index >= 15 is 0 Å². The lowest BCUT2D eigenvalue weighted by Crippen LogP contribution is -2.54. The van der Waals surface area contributed by atoms with Gasteiger partial charge in [0.15, 0.2) is 0 Å². The highest BCUT2D eigenvalue weighted by Gasteiger charge is 2.44. The van der Waals surface area contributed by atoms with Crippen LogP contribution in [0.2, 0.25) is 0 Å². The lowest BCUT2D eigenvalue weighted by atomic mass is 9.99. The van der Waals surface area contributed by atoms with Crippen molar-refractivity contribution in [3.63, 3.8) is 0 Å². The van der Waals surface area contributed by atoms with Gasteiger partial charge >= 0.3 is 12.0 Å². The number of likely N-dealkylation sites (tertiary alicyclic amines) is 1. The molecule has 114 valence electrons. The molecule has 1 N–H and O–H groups in total. The number of piperidine rings is 1. The van der Waals surface area contributed by atoms with E-state index in [1.165, 1.54) is 0 Å². The number of nitrogens with zero attached hydrogens (tertiary/aromatic N) is 2. The molecule has 0 bridgehead atoms.